The number of carbonyl (C=O) groups is 1. The van der Waals surface area contributed by atoms with Crippen LogP contribution in [-0.4, -0.2) is 17.5 Å². The van der Waals surface area contributed by atoms with E-state index in [-0.39, 0.29) is 17.1 Å². The molecule has 1 aliphatic rings. The third-order valence-electron chi connectivity index (χ3n) is 5.87. The Morgan fingerprint density at radius 3 is 2.53 bits per heavy atom. The summed E-state index contributed by atoms with van der Waals surface area (Å²) in [4.78, 5) is 17.1. The fourth-order valence-electron chi connectivity index (χ4n) is 3.99. The van der Waals surface area contributed by atoms with Gasteiger partial charge in [-0.2, -0.15) is 13.2 Å². The van der Waals surface area contributed by atoms with Gasteiger partial charge < -0.3 is 14.8 Å². The Hall–Kier alpha value is -3.75. The molecule has 5 rings (SSSR count). The van der Waals surface area contributed by atoms with Gasteiger partial charge in [0.15, 0.2) is 0 Å². The van der Waals surface area contributed by atoms with Crippen molar-refractivity contribution in [1.82, 2.24) is 4.98 Å². The number of hydrogen-bond donors (Lipinski definition) is 1. The highest BCUT2D eigenvalue weighted by Crippen LogP contribution is 2.38. The lowest BCUT2D eigenvalue weighted by molar-refractivity contribution is -0.137. The first kappa shape index (κ1) is 25.9. The van der Waals surface area contributed by atoms with Crippen molar-refractivity contribution in [1.29, 1.82) is 0 Å². The second-order valence-electron chi connectivity index (χ2n) is 8.52. The molecular weight excluding hydrogens is 540 g/mol. The third-order valence-corrected chi connectivity index (χ3v) is 6.49. The highest BCUT2D eigenvalue weighted by molar-refractivity contribution is 6.32. The Bertz CT molecular complexity index is 1510. The number of amides is 1. The SMILES string of the molecule is O=C(Nc1cccc(-c2ccc(Cl)c(C(F)(F)F)c2)n1)c1ccc(Oc2cc3c(cc2Cl)CCCO3)cc1. The zero-order valence-electron chi connectivity index (χ0n) is 19.6. The van der Waals surface area contributed by atoms with Crippen molar-refractivity contribution in [3.63, 3.8) is 0 Å². The van der Waals surface area contributed by atoms with Gasteiger partial charge in [0.2, 0.25) is 0 Å². The van der Waals surface area contributed by atoms with Crippen LogP contribution in [0.5, 0.6) is 17.2 Å². The minimum Gasteiger partial charge on any atom is -0.493 e. The van der Waals surface area contributed by atoms with Crippen LogP contribution in [0.3, 0.4) is 0 Å². The van der Waals surface area contributed by atoms with Crippen LogP contribution in [0.25, 0.3) is 11.3 Å². The maximum Gasteiger partial charge on any atom is 0.417 e. The molecule has 0 atom stereocenters. The predicted molar refractivity (Wildman–Crippen MR) is 139 cm³/mol. The van der Waals surface area contributed by atoms with Crippen molar-refractivity contribution in [2.45, 2.75) is 19.0 Å². The van der Waals surface area contributed by atoms with Crippen molar-refractivity contribution in [3.05, 3.63) is 99.5 Å². The molecule has 0 fully saturated rings. The lowest BCUT2D eigenvalue weighted by atomic mass is 10.1. The zero-order valence-corrected chi connectivity index (χ0v) is 21.1. The Labute approximate surface area is 226 Å². The fraction of sp³-hybridized carbons (Fsp3) is 0.143. The van der Waals surface area contributed by atoms with Gasteiger partial charge in [-0.25, -0.2) is 4.98 Å². The van der Waals surface area contributed by atoms with E-state index in [2.05, 4.69) is 10.3 Å². The Kier molecular flexibility index (Phi) is 7.19. The second kappa shape index (κ2) is 10.6. The first-order valence-corrected chi connectivity index (χ1v) is 12.3. The van der Waals surface area contributed by atoms with Gasteiger partial charge >= 0.3 is 6.18 Å². The summed E-state index contributed by atoms with van der Waals surface area (Å²) in [5.74, 6) is 1.39. The molecule has 38 heavy (non-hydrogen) atoms. The van der Waals surface area contributed by atoms with E-state index in [0.29, 0.717) is 28.7 Å². The molecule has 4 aromatic rings. The van der Waals surface area contributed by atoms with E-state index in [1.165, 1.54) is 12.1 Å². The molecule has 1 amide bonds. The van der Waals surface area contributed by atoms with Crippen LogP contribution in [0.4, 0.5) is 19.0 Å². The summed E-state index contributed by atoms with van der Waals surface area (Å²) >= 11 is 12.1. The molecule has 1 N–H and O–H groups in total. The molecule has 0 unspecified atom stereocenters. The number of anilines is 1. The number of nitrogens with zero attached hydrogens (tertiary/aromatic N) is 1. The lowest BCUT2D eigenvalue weighted by Crippen LogP contribution is -2.13. The number of nitrogens with one attached hydrogen (secondary N) is 1. The van der Waals surface area contributed by atoms with Gasteiger partial charge in [0.05, 0.1) is 27.9 Å². The monoisotopic (exact) mass is 558 g/mol. The van der Waals surface area contributed by atoms with Crippen molar-refractivity contribution in [3.8, 4) is 28.5 Å². The normalized spacial score (nSPS) is 12.9. The average Bonchev–Trinajstić information content (AvgIpc) is 2.89. The standard InChI is InChI=1S/C28H19Cl2F3N2O3/c29-21-11-8-17(13-20(21)28(31,32)33)23-4-1-5-26(34-23)35-27(36)16-6-9-19(10-7-16)38-25-15-24-18(14-22(25)30)3-2-12-37-24/h1,4-11,13-15H,2-3,12H2,(H,34,35,36). The van der Waals surface area contributed by atoms with E-state index >= 15 is 0 Å². The van der Waals surface area contributed by atoms with E-state index in [4.69, 9.17) is 32.7 Å². The molecule has 1 aliphatic heterocycles. The van der Waals surface area contributed by atoms with Crippen LogP contribution < -0.4 is 14.8 Å². The summed E-state index contributed by atoms with van der Waals surface area (Å²) in [5.41, 5.74) is 0.870. The fourth-order valence-corrected chi connectivity index (χ4v) is 4.43. The van der Waals surface area contributed by atoms with Crippen LogP contribution in [0, 0.1) is 0 Å². The molecule has 0 radical (unpaired) electrons. The summed E-state index contributed by atoms with van der Waals surface area (Å²) < 4.78 is 51.3. The summed E-state index contributed by atoms with van der Waals surface area (Å²) in [6, 6.07) is 18.2. The number of pyridine rings is 1. The smallest absolute Gasteiger partial charge is 0.417 e. The molecule has 3 aromatic carbocycles. The number of fused-ring (bicyclic) bond motifs is 1. The van der Waals surface area contributed by atoms with Crippen LogP contribution in [0.1, 0.15) is 27.9 Å². The molecule has 10 heteroatoms. The molecule has 2 heterocycles. The molecule has 0 saturated carbocycles. The number of alkyl halides is 3. The Morgan fingerprint density at radius 1 is 0.974 bits per heavy atom. The van der Waals surface area contributed by atoms with E-state index in [1.54, 1.807) is 48.5 Å². The van der Waals surface area contributed by atoms with E-state index in [0.717, 1.165) is 30.2 Å². The number of rotatable bonds is 5. The second-order valence-corrected chi connectivity index (χ2v) is 9.34. The molecule has 5 nitrogen and oxygen atoms in total. The zero-order chi connectivity index (χ0) is 26.9. The molecule has 0 saturated heterocycles. The van der Waals surface area contributed by atoms with Gasteiger partial charge in [0.25, 0.3) is 5.91 Å². The number of halogens is 5. The van der Waals surface area contributed by atoms with Crippen LogP contribution in [0.2, 0.25) is 10.0 Å². The molecular formula is C28H19Cl2F3N2O3. The van der Waals surface area contributed by atoms with Crippen molar-refractivity contribution >= 4 is 34.9 Å². The Balaban J connectivity index is 1.29. The highest BCUT2D eigenvalue weighted by atomic mass is 35.5. The minimum atomic E-state index is -4.60. The number of carbonyl (C=O) groups excluding carboxylic acids is 1. The maximum absolute atomic E-state index is 13.2. The third kappa shape index (κ3) is 5.71. The number of aromatic nitrogens is 1. The van der Waals surface area contributed by atoms with Gasteiger partial charge in [-0.3, -0.25) is 4.79 Å². The van der Waals surface area contributed by atoms with E-state index in [1.807, 2.05) is 6.07 Å². The predicted octanol–water partition coefficient (Wildman–Crippen LogP) is 8.44. The highest BCUT2D eigenvalue weighted by Gasteiger charge is 2.33. The molecule has 0 aliphatic carbocycles. The molecule has 0 bridgehead atoms. The lowest BCUT2D eigenvalue weighted by Gasteiger charge is -2.19. The van der Waals surface area contributed by atoms with Crippen molar-refractivity contribution in [2.75, 3.05) is 11.9 Å². The topological polar surface area (TPSA) is 60.5 Å². The first-order valence-electron chi connectivity index (χ1n) is 11.6. The van der Waals surface area contributed by atoms with Gasteiger partial charge in [0.1, 0.15) is 23.1 Å². The first-order chi connectivity index (χ1) is 18.2. The van der Waals surface area contributed by atoms with Gasteiger partial charge in [-0.1, -0.05) is 35.3 Å². The molecule has 0 spiro atoms. The number of benzene rings is 3. The van der Waals surface area contributed by atoms with Crippen LogP contribution in [-0.2, 0) is 12.6 Å². The van der Waals surface area contributed by atoms with E-state index < -0.39 is 22.7 Å². The Morgan fingerprint density at radius 2 is 1.76 bits per heavy atom. The number of aryl methyl sites for hydroxylation is 1. The number of ether oxygens (including phenoxy) is 2. The summed E-state index contributed by atoms with van der Waals surface area (Å²) in [7, 11) is 0. The van der Waals surface area contributed by atoms with Crippen molar-refractivity contribution < 1.29 is 27.4 Å². The molecule has 194 valence electrons. The van der Waals surface area contributed by atoms with Crippen molar-refractivity contribution in [2.24, 2.45) is 0 Å². The average molecular weight is 559 g/mol. The van der Waals surface area contributed by atoms with E-state index in [9.17, 15) is 18.0 Å². The summed E-state index contributed by atoms with van der Waals surface area (Å²) in [6.45, 7) is 0.643. The summed E-state index contributed by atoms with van der Waals surface area (Å²) in [5, 5.41) is 2.72. The summed E-state index contributed by atoms with van der Waals surface area (Å²) in [6.07, 6.45) is -2.77. The van der Waals surface area contributed by atoms with Gasteiger partial charge in [0, 0.05) is 17.2 Å². The quantitative estimate of drug-likeness (QED) is 0.267. The van der Waals surface area contributed by atoms with Crippen LogP contribution in [0.15, 0.2) is 72.8 Å². The largest absolute Gasteiger partial charge is 0.493 e. The van der Waals surface area contributed by atoms with Gasteiger partial charge in [-0.05, 0) is 73.0 Å². The maximum atomic E-state index is 13.2. The van der Waals surface area contributed by atoms with Gasteiger partial charge in [-0.15, -0.1) is 0 Å². The molecule has 1 aromatic heterocycles. The number of hydrogen-bond acceptors (Lipinski definition) is 4. The van der Waals surface area contributed by atoms with Crippen LogP contribution >= 0.6 is 23.2 Å². The minimum absolute atomic E-state index is 0.178.